The van der Waals surface area contributed by atoms with Crippen molar-refractivity contribution in [2.75, 3.05) is 4.90 Å². The molecule has 0 spiro atoms. The molecule has 8 aromatic rings. The van der Waals surface area contributed by atoms with Crippen LogP contribution in [0.25, 0.3) is 44.3 Å². The van der Waals surface area contributed by atoms with Gasteiger partial charge in [0.25, 0.3) is 0 Å². The molecule has 0 N–H and O–H groups in total. The van der Waals surface area contributed by atoms with E-state index in [1.54, 1.807) is 67.1 Å². The number of ether oxygens (including phenoxy) is 1. The fraction of sp³-hybridized carbons (Fsp3) is 0.178. The molecule has 4 aromatic heterocycles. The van der Waals surface area contributed by atoms with E-state index in [4.69, 9.17) is 24.9 Å². The van der Waals surface area contributed by atoms with Gasteiger partial charge in [0.1, 0.15) is 17.2 Å². The van der Waals surface area contributed by atoms with E-state index in [0.717, 1.165) is 11.1 Å². The van der Waals surface area contributed by atoms with Crippen LogP contribution in [-0.4, -0.2) is 41.2 Å². The number of hydrogen-bond acceptors (Lipinski definition) is 6. The maximum atomic E-state index is 14.9. The minimum atomic E-state index is -0.899. The summed E-state index contributed by atoms with van der Waals surface area (Å²) in [5.74, 6) is -0.781. The van der Waals surface area contributed by atoms with Crippen LogP contribution in [0.4, 0.5) is 25.0 Å². The van der Waals surface area contributed by atoms with Gasteiger partial charge in [-0.2, -0.15) is 10.2 Å². The first-order valence-corrected chi connectivity index (χ1v) is 18.3. The normalized spacial score (nSPS) is 11.7. The number of benzene rings is 4. The molecule has 0 aliphatic heterocycles. The molecule has 56 heavy (non-hydrogen) atoms. The second-order valence-electron chi connectivity index (χ2n) is 14.8. The van der Waals surface area contributed by atoms with Gasteiger partial charge < -0.3 is 4.74 Å². The summed E-state index contributed by atoms with van der Waals surface area (Å²) in [6.45, 7) is 9.94. The fourth-order valence-electron chi connectivity index (χ4n) is 7.13. The predicted octanol–water partition coefficient (Wildman–Crippen LogP) is 10.6. The number of anilines is 2. The van der Waals surface area contributed by atoms with E-state index in [1.807, 2.05) is 74.5 Å². The third kappa shape index (κ3) is 6.99. The van der Waals surface area contributed by atoms with Gasteiger partial charge in [0, 0.05) is 21.9 Å². The molecule has 11 heteroatoms. The fourth-order valence-corrected chi connectivity index (χ4v) is 7.13. The summed E-state index contributed by atoms with van der Waals surface area (Å²) in [5.41, 5.74) is 6.86. The number of fused-ring (bicyclic) bond motifs is 2. The largest absolute Gasteiger partial charge is 0.443 e. The predicted molar refractivity (Wildman–Crippen MR) is 215 cm³/mol. The minimum absolute atomic E-state index is 0.361. The van der Waals surface area contributed by atoms with Crippen molar-refractivity contribution in [1.29, 1.82) is 0 Å². The summed E-state index contributed by atoms with van der Waals surface area (Å²) in [4.78, 5) is 26.2. The number of aromatic nitrogens is 6. The molecule has 4 heterocycles. The van der Waals surface area contributed by atoms with Crippen molar-refractivity contribution in [3.63, 3.8) is 0 Å². The summed E-state index contributed by atoms with van der Waals surface area (Å²) in [6.07, 6.45) is 5.99. The maximum absolute atomic E-state index is 14.9. The molecule has 0 aliphatic rings. The average molecular weight is 748 g/mol. The van der Waals surface area contributed by atoms with Crippen molar-refractivity contribution in [3.8, 4) is 22.3 Å². The van der Waals surface area contributed by atoms with E-state index < -0.39 is 23.3 Å². The molecule has 9 nitrogen and oxygen atoms in total. The standard InChI is InChI=1S/C45H39F2N7O2/c1-28-20-32(46)16-18-34(28)40-36-22-50-52(26-30-12-8-6-9-13-30)42(36)48-24-38(40)54(44(55)56-45(3,4)5)39-25-49-43-37(41(39)35-19-17-33(47)21-29(35)2)23-51-53(43)27-31-14-10-7-11-15-31/h6-25H,26-27H2,1-5H3. The lowest BCUT2D eigenvalue weighted by molar-refractivity contribution is 0.0599. The lowest BCUT2D eigenvalue weighted by Gasteiger charge is -2.30. The molecule has 4 aromatic carbocycles. The van der Waals surface area contributed by atoms with E-state index in [2.05, 4.69) is 0 Å². The highest BCUT2D eigenvalue weighted by Gasteiger charge is 2.33. The topological polar surface area (TPSA) is 91.0 Å². The van der Waals surface area contributed by atoms with Crippen LogP contribution in [-0.2, 0) is 17.8 Å². The van der Waals surface area contributed by atoms with Crippen LogP contribution in [0, 0.1) is 25.5 Å². The van der Waals surface area contributed by atoms with E-state index >= 15 is 0 Å². The lowest BCUT2D eigenvalue weighted by atomic mass is 9.94. The van der Waals surface area contributed by atoms with E-state index in [-0.39, 0.29) is 0 Å². The van der Waals surface area contributed by atoms with Crippen LogP contribution in [0.15, 0.2) is 122 Å². The molecule has 8 rings (SSSR count). The molecular formula is C45H39F2N7O2. The van der Waals surface area contributed by atoms with Gasteiger partial charge in [-0.3, -0.25) is 0 Å². The van der Waals surface area contributed by atoms with Crippen molar-refractivity contribution in [2.45, 2.75) is 53.3 Å². The van der Waals surface area contributed by atoms with Crippen LogP contribution in [0.2, 0.25) is 0 Å². The Bertz CT molecular complexity index is 2560. The molecule has 0 bridgehead atoms. The first-order chi connectivity index (χ1) is 26.9. The van der Waals surface area contributed by atoms with Gasteiger partial charge in [0.2, 0.25) is 0 Å². The van der Waals surface area contributed by atoms with Gasteiger partial charge >= 0.3 is 6.09 Å². The molecule has 0 atom stereocenters. The van der Waals surface area contributed by atoms with Crippen molar-refractivity contribution < 1.29 is 18.3 Å². The first kappa shape index (κ1) is 36.2. The monoisotopic (exact) mass is 747 g/mol. The Hall–Kier alpha value is -6.75. The SMILES string of the molecule is Cc1cc(F)ccc1-c1c(N(C(=O)OC(C)(C)C)c2cnc3c(cnn3Cc3ccccc3)c2-c2ccc(F)cc2C)cnc2c1cnn2Cc1ccccc1. The number of carbonyl (C=O) groups is 1. The number of amides is 1. The van der Waals surface area contributed by atoms with Crippen LogP contribution >= 0.6 is 0 Å². The smallest absolute Gasteiger partial charge is 0.419 e. The molecule has 0 aliphatic carbocycles. The Morgan fingerprint density at radius 2 is 1.07 bits per heavy atom. The summed E-state index contributed by atoms with van der Waals surface area (Å²) < 4.78 is 39.2. The van der Waals surface area contributed by atoms with E-state index in [1.165, 1.54) is 29.2 Å². The van der Waals surface area contributed by atoms with Crippen molar-refractivity contribution in [1.82, 2.24) is 29.5 Å². The lowest BCUT2D eigenvalue weighted by Crippen LogP contribution is -2.34. The van der Waals surface area contributed by atoms with Gasteiger partial charge in [0.15, 0.2) is 11.3 Å². The minimum Gasteiger partial charge on any atom is -0.443 e. The van der Waals surface area contributed by atoms with Crippen LogP contribution in [0.5, 0.6) is 0 Å². The molecular weight excluding hydrogens is 709 g/mol. The number of aryl methyl sites for hydroxylation is 2. The first-order valence-electron chi connectivity index (χ1n) is 18.3. The Labute approximate surface area is 322 Å². The average Bonchev–Trinajstić information content (AvgIpc) is 3.76. The van der Waals surface area contributed by atoms with E-state index in [0.29, 0.717) is 79.9 Å². The van der Waals surface area contributed by atoms with Crippen LogP contribution < -0.4 is 4.90 Å². The Balaban J connectivity index is 1.42. The number of rotatable bonds is 8. The number of carbonyl (C=O) groups excluding carboxylic acids is 1. The quantitative estimate of drug-likeness (QED) is 0.154. The maximum Gasteiger partial charge on any atom is 0.419 e. The number of nitrogens with zero attached hydrogens (tertiary/aromatic N) is 7. The van der Waals surface area contributed by atoms with Crippen molar-refractivity contribution in [3.05, 3.63) is 156 Å². The highest BCUT2D eigenvalue weighted by Crippen LogP contribution is 2.46. The second kappa shape index (κ2) is 14.5. The van der Waals surface area contributed by atoms with Gasteiger partial charge in [0.05, 0.1) is 49.3 Å². The highest BCUT2D eigenvalue weighted by atomic mass is 19.1. The van der Waals surface area contributed by atoms with Gasteiger partial charge in [-0.25, -0.2) is 37.8 Å². The number of hydrogen-bond donors (Lipinski definition) is 0. The zero-order valence-corrected chi connectivity index (χ0v) is 31.7. The third-order valence-corrected chi connectivity index (χ3v) is 9.62. The third-order valence-electron chi connectivity index (χ3n) is 9.62. The van der Waals surface area contributed by atoms with Gasteiger partial charge in [-0.05, 0) is 92.3 Å². The molecule has 0 radical (unpaired) electrons. The Morgan fingerprint density at radius 1 is 0.643 bits per heavy atom. The van der Waals surface area contributed by atoms with Crippen molar-refractivity contribution in [2.24, 2.45) is 0 Å². The zero-order valence-electron chi connectivity index (χ0n) is 31.7. The summed E-state index contributed by atoms with van der Waals surface area (Å²) in [5, 5.41) is 10.8. The second-order valence-corrected chi connectivity index (χ2v) is 14.8. The zero-order chi connectivity index (χ0) is 39.1. The van der Waals surface area contributed by atoms with Crippen LogP contribution in [0.1, 0.15) is 43.0 Å². The molecule has 0 fully saturated rings. The molecule has 0 saturated carbocycles. The number of halogens is 2. The van der Waals surface area contributed by atoms with Gasteiger partial charge in [-0.15, -0.1) is 0 Å². The van der Waals surface area contributed by atoms with Crippen LogP contribution in [0.3, 0.4) is 0 Å². The Morgan fingerprint density at radius 3 is 1.46 bits per heavy atom. The number of pyridine rings is 2. The summed E-state index contributed by atoms with van der Waals surface area (Å²) >= 11 is 0. The van der Waals surface area contributed by atoms with Gasteiger partial charge in [-0.1, -0.05) is 72.8 Å². The van der Waals surface area contributed by atoms with Crippen molar-refractivity contribution >= 4 is 39.5 Å². The highest BCUT2D eigenvalue weighted by molar-refractivity contribution is 6.12. The molecule has 280 valence electrons. The molecule has 0 unspecified atom stereocenters. The molecule has 1 amide bonds. The summed E-state index contributed by atoms with van der Waals surface area (Å²) in [7, 11) is 0. The van der Waals surface area contributed by atoms with E-state index in [9.17, 15) is 13.6 Å². The Kier molecular flexibility index (Phi) is 9.37. The molecule has 0 saturated heterocycles. The summed E-state index contributed by atoms with van der Waals surface area (Å²) in [6, 6.07) is 28.9.